The number of nitrogen functional groups attached to an aromatic ring is 1. The first-order valence-electron chi connectivity index (χ1n) is 3.80. The maximum Gasteiger partial charge on any atom is 0.312 e. The number of fused-ring (bicyclic) bond motifs is 1. The molecule has 0 unspecified atom stereocenters. The van der Waals surface area contributed by atoms with Gasteiger partial charge in [0.2, 0.25) is 0 Å². The highest BCUT2D eigenvalue weighted by molar-refractivity contribution is 8.93. The normalized spacial score (nSPS) is 9.43. The average molecular weight is 254 g/mol. The Labute approximate surface area is 90.9 Å². The molecule has 1 aliphatic heterocycles. The van der Waals surface area contributed by atoms with Gasteiger partial charge in [-0.05, 0) is 12.1 Å². The summed E-state index contributed by atoms with van der Waals surface area (Å²) in [6.45, 7) is 0. The largest absolute Gasteiger partial charge is 0.379 e. The Morgan fingerprint density at radius 1 is 1.00 bits per heavy atom. The first-order valence-corrected chi connectivity index (χ1v) is 3.80. The van der Waals surface area contributed by atoms with E-state index >= 15 is 0 Å². The van der Waals surface area contributed by atoms with Crippen molar-refractivity contribution in [2.24, 2.45) is 0 Å². The fraction of sp³-hybridized carbons (Fsp3) is 0. The second kappa shape index (κ2) is 4.15. The van der Waals surface area contributed by atoms with Gasteiger partial charge in [0.15, 0.2) is 5.82 Å². The minimum Gasteiger partial charge on any atom is -0.379 e. The Hall–Kier alpha value is -1.49. The Morgan fingerprint density at radius 3 is 2.21 bits per heavy atom. The maximum absolute atomic E-state index is 11.0. The Kier molecular flexibility index (Phi) is 3.14. The molecule has 14 heavy (non-hydrogen) atoms. The molecule has 1 heterocycles. The minimum absolute atomic E-state index is 0. The van der Waals surface area contributed by atoms with Crippen LogP contribution in [0.2, 0.25) is 0 Å². The van der Waals surface area contributed by atoms with Gasteiger partial charge in [0.1, 0.15) is 0 Å². The maximum atomic E-state index is 11.0. The van der Waals surface area contributed by atoms with Crippen molar-refractivity contribution < 1.29 is 0 Å². The molecule has 2 N–H and O–H groups in total. The molecule has 0 radical (unpaired) electrons. The molecule has 4 nitrogen and oxygen atoms in total. The van der Waals surface area contributed by atoms with Crippen molar-refractivity contribution in [3.8, 4) is 11.4 Å². The quantitative estimate of drug-likeness (QED) is 0.764. The lowest BCUT2D eigenvalue weighted by atomic mass is 10.3. The highest BCUT2D eigenvalue weighted by atomic mass is 79.9. The van der Waals surface area contributed by atoms with Crippen LogP contribution in [0.1, 0.15) is 0 Å². The van der Waals surface area contributed by atoms with Gasteiger partial charge in [-0.1, -0.05) is 18.2 Å². The molecule has 0 saturated carbocycles. The standard InChI is InChI=1S/C9H7N3O.BrH/c10-8-9(13)12-7-5-3-1-2-4-6(7)11-8;/h1-5H,(H2,10,11);1H. The molecule has 0 aromatic heterocycles. The molecule has 0 aromatic carbocycles. The summed E-state index contributed by atoms with van der Waals surface area (Å²) in [5.74, 6) is -0.0568. The third-order valence-corrected chi connectivity index (χ3v) is 1.67. The summed E-state index contributed by atoms with van der Waals surface area (Å²) in [4.78, 5) is 18.7. The summed E-state index contributed by atoms with van der Waals surface area (Å²) in [6.07, 6.45) is 0. The van der Waals surface area contributed by atoms with E-state index in [0.717, 1.165) is 0 Å². The molecule has 0 spiro atoms. The van der Waals surface area contributed by atoms with Crippen LogP contribution < -0.4 is 11.3 Å². The molecule has 1 aliphatic carbocycles. The molecular weight excluding hydrogens is 246 g/mol. The van der Waals surface area contributed by atoms with Crippen molar-refractivity contribution in [3.05, 3.63) is 40.7 Å². The Bertz CT molecular complexity index is 475. The van der Waals surface area contributed by atoms with Crippen LogP contribution in [0.25, 0.3) is 11.4 Å². The van der Waals surface area contributed by atoms with E-state index in [2.05, 4.69) is 9.97 Å². The number of rotatable bonds is 0. The van der Waals surface area contributed by atoms with Crippen LogP contribution in [-0.4, -0.2) is 9.97 Å². The van der Waals surface area contributed by atoms with Gasteiger partial charge in [-0.2, -0.15) is 0 Å². The second-order valence-corrected chi connectivity index (χ2v) is 2.60. The Balaban J connectivity index is 0.000000980. The van der Waals surface area contributed by atoms with Crippen LogP contribution in [0.3, 0.4) is 0 Å². The van der Waals surface area contributed by atoms with E-state index in [4.69, 9.17) is 5.73 Å². The zero-order valence-corrected chi connectivity index (χ0v) is 8.89. The summed E-state index contributed by atoms with van der Waals surface area (Å²) in [6, 6.07) is 8.94. The molecular formula is C9H8BrN3O. The second-order valence-electron chi connectivity index (χ2n) is 2.60. The van der Waals surface area contributed by atoms with Gasteiger partial charge in [0, 0.05) is 0 Å². The molecule has 2 rings (SSSR count). The van der Waals surface area contributed by atoms with Crippen molar-refractivity contribution in [1.29, 1.82) is 0 Å². The molecule has 0 aromatic rings. The molecule has 2 aliphatic rings. The summed E-state index contributed by atoms with van der Waals surface area (Å²) < 4.78 is 0. The van der Waals surface area contributed by atoms with Crippen molar-refractivity contribution in [1.82, 2.24) is 9.97 Å². The summed E-state index contributed by atoms with van der Waals surface area (Å²) in [7, 11) is 0. The summed E-state index contributed by atoms with van der Waals surface area (Å²) in [5.41, 5.74) is 6.05. The van der Waals surface area contributed by atoms with Crippen LogP contribution in [0.5, 0.6) is 0 Å². The summed E-state index contributed by atoms with van der Waals surface area (Å²) >= 11 is 0. The van der Waals surface area contributed by atoms with Crippen molar-refractivity contribution in [2.45, 2.75) is 0 Å². The van der Waals surface area contributed by atoms with Crippen LogP contribution in [0.15, 0.2) is 35.1 Å². The third kappa shape index (κ3) is 1.88. The molecule has 0 atom stereocenters. The van der Waals surface area contributed by atoms with Gasteiger partial charge in [0.05, 0.1) is 11.4 Å². The minimum atomic E-state index is -0.473. The van der Waals surface area contributed by atoms with E-state index in [1.54, 1.807) is 18.2 Å². The first-order chi connectivity index (χ1) is 6.27. The van der Waals surface area contributed by atoms with E-state index in [0.29, 0.717) is 11.4 Å². The van der Waals surface area contributed by atoms with Crippen molar-refractivity contribution in [3.63, 3.8) is 0 Å². The number of hydrogen-bond donors (Lipinski definition) is 1. The van der Waals surface area contributed by atoms with Gasteiger partial charge in [-0.15, -0.1) is 17.0 Å². The highest BCUT2D eigenvalue weighted by Gasteiger charge is 2.05. The zero-order valence-electron chi connectivity index (χ0n) is 7.18. The lowest BCUT2D eigenvalue weighted by molar-refractivity contribution is 1.15. The van der Waals surface area contributed by atoms with E-state index < -0.39 is 5.56 Å². The SMILES string of the molecule is Br.Nc1nc2cccccc-2nc1=O. The number of anilines is 1. The van der Waals surface area contributed by atoms with Crippen LogP contribution in [0, 0.1) is 0 Å². The van der Waals surface area contributed by atoms with E-state index in [1.807, 2.05) is 12.1 Å². The molecule has 72 valence electrons. The van der Waals surface area contributed by atoms with Crippen molar-refractivity contribution in [2.75, 3.05) is 5.73 Å². The molecule has 0 bridgehead atoms. The predicted octanol–water partition coefficient (Wildman–Crippen LogP) is 1.10. The molecule has 0 fully saturated rings. The number of halogens is 1. The van der Waals surface area contributed by atoms with Gasteiger partial charge >= 0.3 is 5.56 Å². The fourth-order valence-electron chi connectivity index (χ4n) is 1.06. The number of aromatic nitrogens is 2. The van der Waals surface area contributed by atoms with Crippen LogP contribution >= 0.6 is 17.0 Å². The third-order valence-electron chi connectivity index (χ3n) is 1.67. The first kappa shape index (κ1) is 10.6. The monoisotopic (exact) mass is 253 g/mol. The molecule has 0 saturated heterocycles. The number of nitrogens with two attached hydrogens (primary N) is 1. The van der Waals surface area contributed by atoms with Crippen LogP contribution in [0.4, 0.5) is 5.82 Å². The van der Waals surface area contributed by atoms with Gasteiger partial charge in [-0.25, -0.2) is 9.97 Å². The van der Waals surface area contributed by atoms with Gasteiger partial charge in [0.25, 0.3) is 0 Å². The smallest absolute Gasteiger partial charge is 0.312 e. The van der Waals surface area contributed by atoms with Crippen LogP contribution in [-0.2, 0) is 0 Å². The average Bonchev–Trinajstić information content (AvgIpc) is 2.31. The zero-order chi connectivity index (χ0) is 9.26. The number of hydrogen-bond acceptors (Lipinski definition) is 4. The Morgan fingerprint density at radius 2 is 1.57 bits per heavy atom. The van der Waals surface area contributed by atoms with Crippen molar-refractivity contribution >= 4 is 22.8 Å². The predicted molar refractivity (Wildman–Crippen MR) is 59.7 cm³/mol. The van der Waals surface area contributed by atoms with E-state index in [9.17, 15) is 4.79 Å². The number of nitrogens with zero attached hydrogens (tertiary/aromatic N) is 2. The van der Waals surface area contributed by atoms with E-state index in [-0.39, 0.29) is 22.8 Å². The molecule has 5 heteroatoms. The van der Waals surface area contributed by atoms with Gasteiger partial charge in [-0.3, -0.25) is 4.79 Å². The summed E-state index contributed by atoms with van der Waals surface area (Å²) in [5, 5.41) is 0. The molecule has 0 amide bonds. The topological polar surface area (TPSA) is 68.9 Å². The van der Waals surface area contributed by atoms with E-state index in [1.165, 1.54) is 0 Å². The van der Waals surface area contributed by atoms with Gasteiger partial charge < -0.3 is 5.73 Å². The lowest BCUT2D eigenvalue weighted by Crippen LogP contribution is -2.15. The highest BCUT2D eigenvalue weighted by Crippen LogP contribution is 2.12. The fourth-order valence-corrected chi connectivity index (χ4v) is 1.06. The lowest BCUT2D eigenvalue weighted by Gasteiger charge is -1.97.